The predicted molar refractivity (Wildman–Crippen MR) is 130 cm³/mol. The minimum atomic E-state index is -1.19. The number of nitriles is 1. The van der Waals surface area contributed by atoms with Gasteiger partial charge in [-0.25, -0.2) is 15.0 Å². The van der Waals surface area contributed by atoms with Gasteiger partial charge in [0, 0.05) is 42.6 Å². The van der Waals surface area contributed by atoms with Crippen LogP contribution in [0.4, 0.5) is 11.5 Å². The Bertz CT molecular complexity index is 1180. The molecule has 4 aliphatic rings. The first-order chi connectivity index (χ1) is 16.5. The lowest BCUT2D eigenvalue weighted by molar-refractivity contribution is 0.144. The second-order valence-corrected chi connectivity index (χ2v) is 12.0. The summed E-state index contributed by atoms with van der Waals surface area (Å²) in [5.41, 5.74) is 1.48. The van der Waals surface area contributed by atoms with E-state index in [1.807, 2.05) is 0 Å². The van der Waals surface area contributed by atoms with Crippen molar-refractivity contribution in [1.29, 1.82) is 5.26 Å². The molecule has 3 fully saturated rings. The highest BCUT2D eigenvalue weighted by Crippen LogP contribution is 2.48. The lowest BCUT2D eigenvalue weighted by atomic mass is 9.77. The fourth-order valence-corrected chi connectivity index (χ4v) is 7.65. The maximum absolute atomic E-state index is 12.9. The van der Waals surface area contributed by atoms with Gasteiger partial charge in [0.2, 0.25) is 0 Å². The van der Waals surface area contributed by atoms with Crippen LogP contribution in [0.1, 0.15) is 67.9 Å². The van der Waals surface area contributed by atoms with Gasteiger partial charge in [-0.05, 0) is 44.9 Å². The van der Waals surface area contributed by atoms with Crippen LogP contribution in [0.2, 0.25) is 5.02 Å². The zero-order valence-corrected chi connectivity index (χ0v) is 20.4. The first-order valence-corrected chi connectivity index (χ1v) is 13.7. The number of hydrogen-bond donors (Lipinski definition) is 2. The van der Waals surface area contributed by atoms with Crippen molar-refractivity contribution in [2.24, 2.45) is 0 Å². The number of pyridine rings is 1. The Morgan fingerprint density at radius 2 is 1.97 bits per heavy atom. The van der Waals surface area contributed by atoms with E-state index in [9.17, 15) is 14.6 Å². The van der Waals surface area contributed by atoms with Crippen LogP contribution in [-0.4, -0.2) is 54.2 Å². The molecule has 34 heavy (non-hydrogen) atoms. The fraction of sp³-hybridized carbons (Fsp3) is 0.583. The molecule has 1 aliphatic carbocycles. The molecule has 10 heteroatoms. The van der Waals surface area contributed by atoms with E-state index < -0.39 is 16.3 Å². The van der Waals surface area contributed by atoms with E-state index >= 15 is 0 Å². The van der Waals surface area contributed by atoms with Crippen LogP contribution in [0.25, 0.3) is 0 Å². The molecule has 2 bridgehead atoms. The highest BCUT2D eigenvalue weighted by atomic mass is 35.5. The van der Waals surface area contributed by atoms with Gasteiger partial charge < -0.3 is 15.3 Å². The molecule has 3 aliphatic heterocycles. The number of halogens is 1. The van der Waals surface area contributed by atoms with E-state index in [0.717, 1.165) is 56.5 Å². The lowest BCUT2D eigenvalue weighted by Crippen LogP contribution is -2.49. The molecule has 0 amide bonds. The maximum atomic E-state index is 12.9. The van der Waals surface area contributed by atoms with Gasteiger partial charge in [-0.1, -0.05) is 11.6 Å². The summed E-state index contributed by atoms with van der Waals surface area (Å²) in [6, 6.07) is 2.90. The molecule has 6 rings (SSSR count). The number of aliphatic hydroxyl groups is 1. The SMILES string of the molecule is N#Cc1c(N2C3CCC2CC(c2ncc(Cl)cn2)C3)nc2c(c1NC1(CO)CCC1)[S@@](=O)CC2. The highest BCUT2D eigenvalue weighted by molar-refractivity contribution is 7.85. The molecule has 0 aromatic carbocycles. The van der Waals surface area contributed by atoms with Gasteiger partial charge in [-0.3, -0.25) is 4.21 Å². The van der Waals surface area contributed by atoms with Crippen LogP contribution >= 0.6 is 11.6 Å². The third-order valence-corrected chi connectivity index (χ3v) is 9.72. The third-order valence-electron chi connectivity index (χ3n) is 8.05. The molecule has 2 aromatic rings. The Hall–Kier alpha value is -2.28. The van der Waals surface area contributed by atoms with Crippen molar-refractivity contribution in [3.05, 3.63) is 34.5 Å². The van der Waals surface area contributed by atoms with Crippen molar-refractivity contribution in [3.63, 3.8) is 0 Å². The summed E-state index contributed by atoms with van der Waals surface area (Å²) >= 11 is 5.98. The van der Waals surface area contributed by atoms with Crippen LogP contribution in [0.15, 0.2) is 17.3 Å². The number of nitrogens with zero attached hydrogens (tertiary/aromatic N) is 5. The first-order valence-electron chi connectivity index (χ1n) is 12.0. The number of aliphatic hydroxyl groups excluding tert-OH is 1. The van der Waals surface area contributed by atoms with Gasteiger partial charge in [-0.15, -0.1) is 0 Å². The highest BCUT2D eigenvalue weighted by Gasteiger charge is 2.45. The summed E-state index contributed by atoms with van der Waals surface area (Å²) in [4.78, 5) is 16.9. The molecule has 8 nitrogen and oxygen atoms in total. The smallest absolute Gasteiger partial charge is 0.149 e. The third kappa shape index (κ3) is 3.50. The summed E-state index contributed by atoms with van der Waals surface area (Å²) in [5.74, 6) is 2.32. The second-order valence-electron chi connectivity index (χ2n) is 10.0. The van der Waals surface area contributed by atoms with Crippen molar-refractivity contribution in [2.45, 2.75) is 79.8 Å². The number of aryl methyl sites for hydroxylation is 1. The number of nitrogens with one attached hydrogen (secondary N) is 1. The van der Waals surface area contributed by atoms with E-state index in [1.54, 1.807) is 12.4 Å². The number of fused-ring (bicyclic) bond motifs is 3. The van der Waals surface area contributed by atoms with Gasteiger partial charge in [0.15, 0.2) is 0 Å². The van der Waals surface area contributed by atoms with E-state index in [1.165, 1.54) is 0 Å². The molecule has 2 aromatic heterocycles. The Morgan fingerprint density at radius 3 is 2.56 bits per heavy atom. The zero-order valence-electron chi connectivity index (χ0n) is 18.8. The topological polar surface area (TPSA) is 115 Å². The standard InChI is InChI=1S/C24H27ClN6O2S/c25-15-11-27-22(28-12-15)14-8-16-2-3-17(9-14)31(16)23-18(10-26)20(30-24(13-32)5-1-6-24)21-19(29-23)4-7-34(21)33/h11-12,14,16-17,32H,1-9,13H2,(H,29,30)/t14?,16?,17?,34-/m0/s1. The zero-order chi connectivity index (χ0) is 23.4. The summed E-state index contributed by atoms with van der Waals surface area (Å²) in [5, 5.41) is 24.4. The molecule has 2 N–H and O–H groups in total. The molecule has 3 atom stereocenters. The average Bonchev–Trinajstić information content (AvgIpc) is 3.31. The Morgan fingerprint density at radius 1 is 1.26 bits per heavy atom. The Balaban J connectivity index is 1.39. The predicted octanol–water partition coefficient (Wildman–Crippen LogP) is 3.30. The minimum Gasteiger partial charge on any atom is -0.394 e. The fourth-order valence-electron chi connectivity index (χ4n) is 6.18. The van der Waals surface area contributed by atoms with Gasteiger partial charge in [0.25, 0.3) is 0 Å². The van der Waals surface area contributed by atoms with Crippen LogP contribution in [-0.2, 0) is 17.2 Å². The minimum absolute atomic E-state index is 0.00529. The first kappa shape index (κ1) is 22.2. The van der Waals surface area contributed by atoms with Crippen molar-refractivity contribution in [3.8, 4) is 6.07 Å². The molecular formula is C24H27ClN6O2S. The van der Waals surface area contributed by atoms with E-state index in [-0.39, 0.29) is 24.6 Å². The van der Waals surface area contributed by atoms with Gasteiger partial charge in [-0.2, -0.15) is 5.26 Å². The number of rotatable bonds is 5. The van der Waals surface area contributed by atoms with Crippen LogP contribution in [0.3, 0.4) is 0 Å². The van der Waals surface area contributed by atoms with Crippen molar-refractivity contribution >= 4 is 33.9 Å². The second kappa shape index (κ2) is 8.43. The van der Waals surface area contributed by atoms with Crippen molar-refractivity contribution in [2.75, 3.05) is 22.6 Å². The van der Waals surface area contributed by atoms with Crippen LogP contribution < -0.4 is 10.2 Å². The molecule has 0 spiro atoms. The summed E-state index contributed by atoms with van der Waals surface area (Å²) in [6.45, 7) is -0.00529. The van der Waals surface area contributed by atoms with Crippen molar-refractivity contribution < 1.29 is 9.32 Å². The van der Waals surface area contributed by atoms with Gasteiger partial charge in [0.05, 0.1) is 44.2 Å². The van der Waals surface area contributed by atoms with Crippen LogP contribution in [0.5, 0.6) is 0 Å². The molecular weight excluding hydrogens is 472 g/mol. The van der Waals surface area contributed by atoms with Gasteiger partial charge >= 0.3 is 0 Å². The molecule has 2 unspecified atom stereocenters. The Labute approximate surface area is 206 Å². The van der Waals surface area contributed by atoms with E-state index in [0.29, 0.717) is 39.2 Å². The lowest BCUT2D eigenvalue weighted by Gasteiger charge is -2.43. The number of hydrogen-bond acceptors (Lipinski definition) is 8. The Kier molecular flexibility index (Phi) is 5.51. The van der Waals surface area contributed by atoms with E-state index in [2.05, 4.69) is 26.3 Å². The number of aromatic nitrogens is 3. The van der Waals surface area contributed by atoms with Gasteiger partial charge in [0.1, 0.15) is 23.3 Å². The number of anilines is 2. The summed E-state index contributed by atoms with van der Waals surface area (Å²) < 4.78 is 12.9. The normalized spacial score (nSPS) is 28.8. The quantitative estimate of drug-likeness (QED) is 0.645. The molecule has 1 saturated carbocycles. The number of piperidine rings is 1. The summed E-state index contributed by atoms with van der Waals surface area (Å²) in [7, 11) is -1.19. The maximum Gasteiger partial charge on any atom is 0.149 e. The molecule has 178 valence electrons. The molecule has 0 radical (unpaired) electrons. The average molecular weight is 499 g/mol. The molecule has 5 heterocycles. The molecule has 2 saturated heterocycles. The summed E-state index contributed by atoms with van der Waals surface area (Å²) in [6.07, 6.45) is 10.5. The van der Waals surface area contributed by atoms with Crippen LogP contribution in [0, 0.1) is 11.3 Å². The monoisotopic (exact) mass is 498 g/mol. The van der Waals surface area contributed by atoms with Crippen molar-refractivity contribution in [1.82, 2.24) is 15.0 Å². The van der Waals surface area contributed by atoms with E-state index in [4.69, 9.17) is 16.6 Å². The largest absolute Gasteiger partial charge is 0.394 e.